The van der Waals surface area contributed by atoms with Gasteiger partial charge in [-0.15, -0.1) is 0 Å². The topological polar surface area (TPSA) is 50.6 Å². The van der Waals surface area contributed by atoms with Gasteiger partial charge >= 0.3 is 0 Å². The Morgan fingerprint density at radius 2 is 1.66 bits per heavy atom. The lowest BCUT2D eigenvalue weighted by atomic mass is 10.0. The largest absolute Gasteiger partial charge is 0.492 e. The molecule has 0 N–H and O–H groups in total. The van der Waals surface area contributed by atoms with Crippen LogP contribution in [0.3, 0.4) is 0 Å². The number of carbonyl (C=O) groups is 1. The highest BCUT2D eigenvalue weighted by Gasteiger charge is 2.28. The van der Waals surface area contributed by atoms with E-state index in [1.165, 1.54) is 5.56 Å². The molecule has 0 aliphatic carbocycles. The number of para-hydroxylation sites is 1. The summed E-state index contributed by atoms with van der Waals surface area (Å²) in [6.07, 6.45) is 3.44. The van der Waals surface area contributed by atoms with Gasteiger partial charge in [-0.25, -0.2) is 4.98 Å². The van der Waals surface area contributed by atoms with E-state index in [1.54, 1.807) is 17.1 Å². The van der Waals surface area contributed by atoms with Crippen molar-refractivity contribution in [3.05, 3.63) is 84.4 Å². The molecule has 0 saturated carbocycles. The third-order valence-corrected chi connectivity index (χ3v) is 5.30. The highest BCUT2D eigenvalue weighted by atomic mass is 16.5. The lowest BCUT2D eigenvalue weighted by molar-refractivity contribution is 0.0495. The quantitative estimate of drug-likeness (QED) is 0.649. The molecular formula is C23H26N4O2. The number of amides is 1. The minimum atomic E-state index is 0.00190. The smallest absolute Gasteiger partial charge is 0.274 e. The molecule has 1 fully saturated rings. The molecule has 29 heavy (non-hydrogen) atoms. The molecule has 2 heterocycles. The monoisotopic (exact) mass is 390 g/mol. The number of imidazole rings is 1. The molecule has 0 spiro atoms. The molecule has 1 aliphatic heterocycles. The van der Waals surface area contributed by atoms with Crippen molar-refractivity contribution in [2.24, 2.45) is 7.05 Å². The van der Waals surface area contributed by atoms with E-state index in [-0.39, 0.29) is 11.9 Å². The molecule has 1 unspecified atom stereocenters. The Labute approximate surface area is 171 Å². The van der Waals surface area contributed by atoms with E-state index in [0.717, 1.165) is 18.8 Å². The minimum Gasteiger partial charge on any atom is -0.492 e. The second-order valence-electron chi connectivity index (χ2n) is 7.30. The number of piperazine rings is 1. The van der Waals surface area contributed by atoms with Crippen LogP contribution in [0.15, 0.2) is 73.2 Å². The zero-order valence-electron chi connectivity index (χ0n) is 16.6. The van der Waals surface area contributed by atoms with Crippen molar-refractivity contribution in [1.82, 2.24) is 19.4 Å². The predicted molar refractivity (Wildman–Crippen MR) is 112 cm³/mol. The van der Waals surface area contributed by atoms with Crippen LogP contribution in [0.25, 0.3) is 0 Å². The summed E-state index contributed by atoms with van der Waals surface area (Å²) in [7, 11) is 1.87. The van der Waals surface area contributed by atoms with Gasteiger partial charge in [-0.1, -0.05) is 48.5 Å². The van der Waals surface area contributed by atoms with Gasteiger partial charge < -0.3 is 14.2 Å². The first-order chi connectivity index (χ1) is 14.2. The van der Waals surface area contributed by atoms with Crippen LogP contribution in [-0.4, -0.2) is 58.0 Å². The van der Waals surface area contributed by atoms with Crippen molar-refractivity contribution in [3.63, 3.8) is 0 Å². The van der Waals surface area contributed by atoms with Gasteiger partial charge in [0, 0.05) is 39.4 Å². The van der Waals surface area contributed by atoms with Gasteiger partial charge in [-0.05, 0) is 17.7 Å². The summed E-state index contributed by atoms with van der Waals surface area (Å²) in [6, 6.07) is 20.5. The molecule has 1 aliphatic rings. The van der Waals surface area contributed by atoms with Gasteiger partial charge in [-0.2, -0.15) is 0 Å². The zero-order valence-corrected chi connectivity index (χ0v) is 16.6. The fourth-order valence-corrected chi connectivity index (χ4v) is 3.70. The SMILES string of the molecule is Cn1cnc(C(=O)N2CCN(C(COc3ccccc3)c3ccccc3)CC2)c1. The maximum atomic E-state index is 12.7. The van der Waals surface area contributed by atoms with Gasteiger partial charge in [0.2, 0.25) is 0 Å². The van der Waals surface area contributed by atoms with E-state index >= 15 is 0 Å². The van der Waals surface area contributed by atoms with Crippen molar-refractivity contribution in [2.45, 2.75) is 6.04 Å². The van der Waals surface area contributed by atoms with E-state index in [1.807, 2.05) is 48.3 Å². The average molecular weight is 390 g/mol. The fourth-order valence-electron chi connectivity index (χ4n) is 3.70. The number of rotatable bonds is 6. The molecule has 2 aromatic carbocycles. The lowest BCUT2D eigenvalue weighted by Crippen LogP contribution is -2.50. The van der Waals surface area contributed by atoms with Crippen LogP contribution in [0, 0.1) is 0 Å². The number of hydrogen-bond donors (Lipinski definition) is 0. The Kier molecular flexibility index (Phi) is 5.91. The van der Waals surface area contributed by atoms with E-state index < -0.39 is 0 Å². The summed E-state index contributed by atoms with van der Waals surface area (Å²) in [4.78, 5) is 21.2. The predicted octanol–water partition coefficient (Wildman–Crippen LogP) is 3.00. The minimum absolute atomic E-state index is 0.00190. The van der Waals surface area contributed by atoms with Crippen LogP contribution >= 0.6 is 0 Å². The molecule has 0 radical (unpaired) electrons. The highest BCUT2D eigenvalue weighted by molar-refractivity contribution is 5.92. The molecule has 3 aromatic rings. The number of nitrogens with zero attached hydrogens (tertiary/aromatic N) is 4. The first kappa shape index (κ1) is 19.2. The van der Waals surface area contributed by atoms with E-state index in [0.29, 0.717) is 25.4 Å². The molecule has 1 saturated heterocycles. The van der Waals surface area contributed by atoms with Crippen LogP contribution in [0.1, 0.15) is 22.1 Å². The Morgan fingerprint density at radius 1 is 1.00 bits per heavy atom. The summed E-state index contributed by atoms with van der Waals surface area (Å²) in [5.41, 5.74) is 1.74. The Hall–Kier alpha value is -3.12. The third-order valence-electron chi connectivity index (χ3n) is 5.30. The molecule has 1 atom stereocenters. The number of aromatic nitrogens is 2. The van der Waals surface area contributed by atoms with Crippen molar-refractivity contribution in [3.8, 4) is 5.75 Å². The number of benzene rings is 2. The van der Waals surface area contributed by atoms with Gasteiger partial charge in [0.25, 0.3) is 5.91 Å². The van der Waals surface area contributed by atoms with E-state index in [9.17, 15) is 4.79 Å². The van der Waals surface area contributed by atoms with Crippen molar-refractivity contribution >= 4 is 5.91 Å². The Balaban J connectivity index is 1.42. The van der Waals surface area contributed by atoms with Gasteiger partial charge in [-0.3, -0.25) is 9.69 Å². The molecule has 6 nitrogen and oxygen atoms in total. The van der Waals surface area contributed by atoms with Crippen LogP contribution in [0.2, 0.25) is 0 Å². The molecule has 0 bridgehead atoms. The van der Waals surface area contributed by atoms with Crippen LogP contribution in [0.4, 0.5) is 0 Å². The first-order valence-electron chi connectivity index (χ1n) is 9.95. The summed E-state index contributed by atoms with van der Waals surface area (Å²) in [5.74, 6) is 0.874. The molecule has 6 heteroatoms. The van der Waals surface area contributed by atoms with E-state index in [2.05, 4.69) is 34.1 Å². The Bertz CT molecular complexity index is 918. The maximum Gasteiger partial charge on any atom is 0.274 e. The number of aryl methyl sites for hydroxylation is 1. The summed E-state index contributed by atoms with van der Waals surface area (Å²) >= 11 is 0. The summed E-state index contributed by atoms with van der Waals surface area (Å²) < 4.78 is 7.89. The summed E-state index contributed by atoms with van der Waals surface area (Å²) in [5, 5.41) is 0. The fraction of sp³-hybridized carbons (Fsp3) is 0.304. The van der Waals surface area contributed by atoms with Gasteiger partial charge in [0.15, 0.2) is 0 Å². The standard InChI is InChI=1S/C23H26N4O2/c1-25-16-21(24-18-25)23(28)27-14-12-26(13-15-27)22(19-8-4-2-5-9-19)17-29-20-10-6-3-7-11-20/h2-11,16,18,22H,12-15,17H2,1H3. The zero-order chi connectivity index (χ0) is 20.1. The summed E-state index contributed by atoms with van der Waals surface area (Å²) in [6.45, 7) is 3.54. The molecule has 4 rings (SSSR count). The van der Waals surface area contributed by atoms with Crippen molar-refractivity contribution in [1.29, 1.82) is 0 Å². The molecular weight excluding hydrogens is 364 g/mol. The number of ether oxygens (including phenoxy) is 1. The molecule has 1 amide bonds. The van der Waals surface area contributed by atoms with Crippen molar-refractivity contribution < 1.29 is 9.53 Å². The van der Waals surface area contributed by atoms with Gasteiger partial charge in [0.1, 0.15) is 18.1 Å². The highest BCUT2D eigenvalue weighted by Crippen LogP contribution is 2.24. The maximum absolute atomic E-state index is 12.7. The van der Waals surface area contributed by atoms with Gasteiger partial charge in [0.05, 0.1) is 12.4 Å². The third kappa shape index (κ3) is 4.66. The Morgan fingerprint density at radius 3 is 2.28 bits per heavy atom. The second kappa shape index (κ2) is 8.92. The number of carbonyl (C=O) groups excluding carboxylic acids is 1. The normalized spacial score (nSPS) is 15.8. The van der Waals surface area contributed by atoms with Crippen LogP contribution < -0.4 is 4.74 Å². The molecule has 150 valence electrons. The second-order valence-corrected chi connectivity index (χ2v) is 7.30. The van der Waals surface area contributed by atoms with E-state index in [4.69, 9.17) is 4.74 Å². The lowest BCUT2D eigenvalue weighted by Gasteiger charge is -2.39. The number of hydrogen-bond acceptors (Lipinski definition) is 4. The average Bonchev–Trinajstić information content (AvgIpc) is 3.22. The van der Waals surface area contributed by atoms with Crippen molar-refractivity contribution in [2.75, 3.05) is 32.8 Å². The van der Waals surface area contributed by atoms with Crippen LogP contribution in [-0.2, 0) is 7.05 Å². The van der Waals surface area contributed by atoms with Crippen LogP contribution in [0.5, 0.6) is 5.75 Å². The molecule has 1 aromatic heterocycles. The first-order valence-corrected chi connectivity index (χ1v) is 9.95.